The average Bonchev–Trinajstić information content (AvgIpc) is 2.39. The normalized spacial score (nSPS) is 21.5. The summed E-state index contributed by atoms with van der Waals surface area (Å²) in [5.41, 5.74) is 6.32. The summed E-state index contributed by atoms with van der Waals surface area (Å²) in [6.45, 7) is 8.32. The molecule has 1 aliphatic heterocycles. The number of likely N-dealkylation sites (N-methyl/N-ethyl adjacent to an activating group) is 1. The number of hydrogen-bond donors (Lipinski definition) is 1. The van der Waals surface area contributed by atoms with Gasteiger partial charge >= 0.3 is 0 Å². The Balaban J connectivity index is 2.58. The van der Waals surface area contributed by atoms with E-state index in [2.05, 4.69) is 25.8 Å². The first-order valence-corrected chi connectivity index (χ1v) is 7.67. The Morgan fingerprint density at radius 1 is 1.28 bits per heavy atom. The Hall–Kier alpha value is -0.120. The summed E-state index contributed by atoms with van der Waals surface area (Å²) < 4.78 is 5.59. The summed E-state index contributed by atoms with van der Waals surface area (Å²) in [7, 11) is 2.26. The fourth-order valence-electron chi connectivity index (χ4n) is 3.33. The predicted octanol–water partition coefficient (Wildman–Crippen LogP) is 2.64. The van der Waals surface area contributed by atoms with Crippen LogP contribution in [0.15, 0.2) is 0 Å². The minimum absolute atomic E-state index is 0.209. The summed E-state index contributed by atoms with van der Waals surface area (Å²) in [6, 6.07) is 0. The highest BCUT2D eigenvalue weighted by Crippen LogP contribution is 2.27. The van der Waals surface area contributed by atoms with Gasteiger partial charge in [0.15, 0.2) is 0 Å². The molecule has 0 saturated carbocycles. The van der Waals surface area contributed by atoms with Gasteiger partial charge in [-0.3, -0.25) is 4.90 Å². The van der Waals surface area contributed by atoms with E-state index < -0.39 is 0 Å². The first-order chi connectivity index (χ1) is 8.68. The van der Waals surface area contributed by atoms with Crippen molar-refractivity contribution >= 4 is 0 Å². The molecule has 0 aliphatic carbocycles. The van der Waals surface area contributed by atoms with Gasteiger partial charge in [-0.05, 0) is 38.6 Å². The topological polar surface area (TPSA) is 38.5 Å². The van der Waals surface area contributed by atoms with E-state index in [4.69, 9.17) is 10.5 Å². The molecule has 2 N–H and O–H groups in total. The molecule has 1 saturated heterocycles. The van der Waals surface area contributed by atoms with E-state index in [1.807, 2.05) is 0 Å². The van der Waals surface area contributed by atoms with Crippen LogP contribution in [0.3, 0.4) is 0 Å². The zero-order valence-electron chi connectivity index (χ0n) is 12.6. The van der Waals surface area contributed by atoms with Crippen molar-refractivity contribution in [3.05, 3.63) is 0 Å². The fraction of sp³-hybridized carbons (Fsp3) is 1.00. The highest BCUT2D eigenvalue weighted by atomic mass is 16.5. The first-order valence-electron chi connectivity index (χ1n) is 7.67. The summed E-state index contributed by atoms with van der Waals surface area (Å²) in [4.78, 5) is 2.53. The number of hydrogen-bond acceptors (Lipinski definition) is 3. The van der Waals surface area contributed by atoms with Gasteiger partial charge in [0, 0.05) is 25.2 Å². The van der Waals surface area contributed by atoms with Crippen LogP contribution in [0.4, 0.5) is 0 Å². The predicted molar refractivity (Wildman–Crippen MR) is 77.8 cm³/mol. The SMILES string of the molecule is CCCC(CN)(CCC)N(C)CC1CCCOC1. The monoisotopic (exact) mass is 256 g/mol. The lowest BCUT2D eigenvalue weighted by molar-refractivity contribution is 0.0155. The lowest BCUT2D eigenvalue weighted by Gasteiger charge is -2.43. The van der Waals surface area contributed by atoms with Gasteiger partial charge < -0.3 is 10.5 Å². The van der Waals surface area contributed by atoms with Crippen LogP contribution in [0.25, 0.3) is 0 Å². The van der Waals surface area contributed by atoms with E-state index in [-0.39, 0.29) is 5.54 Å². The smallest absolute Gasteiger partial charge is 0.0506 e. The van der Waals surface area contributed by atoms with Gasteiger partial charge in [0.05, 0.1) is 6.61 Å². The zero-order chi connectivity index (χ0) is 13.4. The van der Waals surface area contributed by atoms with Crippen molar-refractivity contribution in [3.8, 4) is 0 Å². The van der Waals surface area contributed by atoms with E-state index in [0.717, 1.165) is 26.3 Å². The molecule has 1 heterocycles. The minimum atomic E-state index is 0.209. The molecule has 0 aromatic rings. The zero-order valence-corrected chi connectivity index (χ0v) is 12.6. The van der Waals surface area contributed by atoms with Gasteiger partial charge in [-0.2, -0.15) is 0 Å². The molecule has 0 radical (unpaired) electrons. The van der Waals surface area contributed by atoms with Crippen molar-refractivity contribution in [2.24, 2.45) is 11.7 Å². The van der Waals surface area contributed by atoms with E-state index in [1.54, 1.807) is 0 Å². The van der Waals surface area contributed by atoms with Crippen LogP contribution in [0.1, 0.15) is 52.4 Å². The highest BCUT2D eigenvalue weighted by Gasteiger charge is 2.32. The molecule has 0 aromatic heterocycles. The molecule has 3 heteroatoms. The van der Waals surface area contributed by atoms with Crippen molar-refractivity contribution < 1.29 is 4.74 Å². The van der Waals surface area contributed by atoms with Crippen molar-refractivity contribution in [2.75, 3.05) is 33.4 Å². The van der Waals surface area contributed by atoms with Crippen LogP contribution >= 0.6 is 0 Å². The van der Waals surface area contributed by atoms with E-state index in [1.165, 1.54) is 38.5 Å². The van der Waals surface area contributed by atoms with Crippen LogP contribution < -0.4 is 5.73 Å². The summed E-state index contributed by atoms with van der Waals surface area (Å²) in [5.74, 6) is 0.698. The Kier molecular flexibility index (Phi) is 7.20. The molecule has 1 atom stereocenters. The molecule has 1 unspecified atom stereocenters. The summed E-state index contributed by atoms with van der Waals surface area (Å²) >= 11 is 0. The third kappa shape index (κ3) is 4.22. The molecule has 1 fully saturated rings. The minimum Gasteiger partial charge on any atom is -0.381 e. The van der Waals surface area contributed by atoms with Crippen LogP contribution in [-0.4, -0.2) is 43.8 Å². The summed E-state index contributed by atoms with van der Waals surface area (Å²) in [6.07, 6.45) is 7.37. The van der Waals surface area contributed by atoms with Crippen LogP contribution in [0.5, 0.6) is 0 Å². The van der Waals surface area contributed by atoms with E-state index in [9.17, 15) is 0 Å². The highest BCUT2D eigenvalue weighted by molar-refractivity contribution is 4.90. The van der Waals surface area contributed by atoms with E-state index >= 15 is 0 Å². The second kappa shape index (κ2) is 8.13. The Morgan fingerprint density at radius 3 is 2.39 bits per heavy atom. The molecule has 1 rings (SSSR count). The maximum atomic E-state index is 6.11. The third-order valence-electron chi connectivity index (χ3n) is 4.41. The van der Waals surface area contributed by atoms with Crippen molar-refractivity contribution in [1.82, 2.24) is 4.90 Å². The largest absolute Gasteiger partial charge is 0.381 e. The molecule has 0 aromatic carbocycles. The van der Waals surface area contributed by atoms with Crippen LogP contribution in [-0.2, 0) is 4.74 Å². The average molecular weight is 256 g/mol. The number of nitrogens with zero attached hydrogens (tertiary/aromatic N) is 1. The standard InChI is InChI=1S/C15H32N2O/c1-4-8-15(13-16,9-5-2)17(3)11-14-7-6-10-18-12-14/h14H,4-13,16H2,1-3H3. The fourth-order valence-corrected chi connectivity index (χ4v) is 3.33. The molecular weight excluding hydrogens is 224 g/mol. The van der Waals surface area contributed by atoms with Gasteiger partial charge in [-0.15, -0.1) is 0 Å². The molecular formula is C15H32N2O. The van der Waals surface area contributed by atoms with Gasteiger partial charge in [0.2, 0.25) is 0 Å². The van der Waals surface area contributed by atoms with E-state index in [0.29, 0.717) is 5.92 Å². The Labute approximate surface area is 113 Å². The number of nitrogens with two attached hydrogens (primary N) is 1. The lowest BCUT2D eigenvalue weighted by atomic mass is 9.86. The molecule has 0 bridgehead atoms. The quantitative estimate of drug-likeness (QED) is 0.725. The number of ether oxygens (including phenoxy) is 1. The van der Waals surface area contributed by atoms with Gasteiger partial charge in [0.1, 0.15) is 0 Å². The van der Waals surface area contributed by atoms with Crippen molar-refractivity contribution in [1.29, 1.82) is 0 Å². The maximum Gasteiger partial charge on any atom is 0.0506 e. The summed E-state index contributed by atoms with van der Waals surface area (Å²) in [5, 5.41) is 0. The molecule has 18 heavy (non-hydrogen) atoms. The third-order valence-corrected chi connectivity index (χ3v) is 4.41. The second-order valence-corrected chi connectivity index (χ2v) is 5.89. The van der Waals surface area contributed by atoms with Gasteiger partial charge in [-0.25, -0.2) is 0 Å². The Bertz CT molecular complexity index is 209. The number of rotatable bonds is 8. The molecule has 1 aliphatic rings. The van der Waals surface area contributed by atoms with Crippen LogP contribution in [0.2, 0.25) is 0 Å². The second-order valence-electron chi connectivity index (χ2n) is 5.89. The van der Waals surface area contributed by atoms with Gasteiger partial charge in [-0.1, -0.05) is 26.7 Å². The Morgan fingerprint density at radius 2 is 1.94 bits per heavy atom. The molecule has 3 nitrogen and oxygen atoms in total. The van der Waals surface area contributed by atoms with Crippen molar-refractivity contribution in [2.45, 2.75) is 57.9 Å². The van der Waals surface area contributed by atoms with Crippen molar-refractivity contribution in [3.63, 3.8) is 0 Å². The van der Waals surface area contributed by atoms with Gasteiger partial charge in [0.25, 0.3) is 0 Å². The first kappa shape index (κ1) is 15.9. The maximum absolute atomic E-state index is 6.11. The molecule has 108 valence electrons. The molecule has 0 amide bonds. The lowest BCUT2D eigenvalue weighted by Crippen LogP contribution is -2.53. The van der Waals surface area contributed by atoms with Crippen LogP contribution in [0, 0.1) is 5.92 Å². The molecule has 0 spiro atoms.